The van der Waals surface area contributed by atoms with Crippen molar-refractivity contribution in [2.24, 2.45) is 0 Å². The van der Waals surface area contributed by atoms with Crippen LogP contribution in [-0.2, 0) is 4.74 Å². The van der Waals surface area contributed by atoms with Gasteiger partial charge in [0.2, 0.25) is 0 Å². The van der Waals surface area contributed by atoms with Gasteiger partial charge in [-0.3, -0.25) is 4.79 Å². The molecule has 126 valence electrons. The number of halogens is 1. The molecule has 2 aromatic heterocycles. The average Bonchev–Trinajstić information content (AvgIpc) is 2.63. The van der Waals surface area contributed by atoms with E-state index in [2.05, 4.69) is 26.0 Å². The SMILES string of the molecule is COC(=O)c1cccc(-n2nc(-c3cc(Br)cnc3N)ccc2=O)c1. The Morgan fingerprint density at radius 1 is 1.24 bits per heavy atom. The maximum absolute atomic E-state index is 12.2. The smallest absolute Gasteiger partial charge is 0.337 e. The number of hydrogen-bond donors (Lipinski definition) is 1. The van der Waals surface area contributed by atoms with Gasteiger partial charge in [-0.25, -0.2) is 9.78 Å². The average molecular weight is 401 g/mol. The largest absolute Gasteiger partial charge is 0.465 e. The van der Waals surface area contributed by atoms with Crippen LogP contribution in [0.4, 0.5) is 5.82 Å². The lowest BCUT2D eigenvalue weighted by Gasteiger charge is -2.09. The normalized spacial score (nSPS) is 10.5. The summed E-state index contributed by atoms with van der Waals surface area (Å²) in [6.07, 6.45) is 1.58. The zero-order valence-electron chi connectivity index (χ0n) is 13.1. The van der Waals surface area contributed by atoms with Crippen molar-refractivity contribution in [1.29, 1.82) is 0 Å². The molecule has 7 nitrogen and oxygen atoms in total. The summed E-state index contributed by atoms with van der Waals surface area (Å²) < 4.78 is 6.64. The molecule has 8 heteroatoms. The number of aromatic nitrogens is 3. The van der Waals surface area contributed by atoms with Crippen molar-refractivity contribution in [3.05, 3.63) is 69.1 Å². The van der Waals surface area contributed by atoms with Gasteiger partial charge in [0.1, 0.15) is 5.82 Å². The molecule has 3 aromatic rings. The third kappa shape index (κ3) is 3.43. The van der Waals surface area contributed by atoms with E-state index in [1.807, 2.05) is 0 Å². The minimum atomic E-state index is -0.494. The highest BCUT2D eigenvalue weighted by Crippen LogP contribution is 2.25. The second-order valence-corrected chi connectivity index (χ2v) is 6.01. The molecular formula is C17H13BrN4O3. The lowest BCUT2D eigenvalue weighted by atomic mass is 10.2. The fraction of sp³-hybridized carbons (Fsp3) is 0.0588. The molecule has 0 aliphatic carbocycles. The Labute approximate surface area is 151 Å². The minimum Gasteiger partial charge on any atom is -0.465 e. The molecule has 0 amide bonds. The molecule has 1 aromatic carbocycles. The molecule has 0 bridgehead atoms. The number of nitrogens with zero attached hydrogens (tertiary/aromatic N) is 3. The second-order valence-electron chi connectivity index (χ2n) is 5.10. The van der Waals surface area contributed by atoms with Gasteiger partial charge in [-0.2, -0.15) is 9.78 Å². The van der Waals surface area contributed by atoms with E-state index in [0.717, 1.165) is 4.47 Å². The molecule has 0 aliphatic rings. The van der Waals surface area contributed by atoms with Gasteiger partial charge >= 0.3 is 5.97 Å². The van der Waals surface area contributed by atoms with Crippen molar-refractivity contribution < 1.29 is 9.53 Å². The van der Waals surface area contributed by atoms with E-state index in [4.69, 9.17) is 10.5 Å². The van der Waals surface area contributed by atoms with Crippen molar-refractivity contribution in [3.8, 4) is 16.9 Å². The highest BCUT2D eigenvalue weighted by atomic mass is 79.9. The van der Waals surface area contributed by atoms with E-state index in [-0.39, 0.29) is 5.56 Å². The van der Waals surface area contributed by atoms with Crippen molar-refractivity contribution in [2.75, 3.05) is 12.8 Å². The summed E-state index contributed by atoms with van der Waals surface area (Å²) in [7, 11) is 1.29. The Morgan fingerprint density at radius 2 is 2.04 bits per heavy atom. The highest BCUT2D eigenvalue weighted by molar-refractivity contribution is 9.10. The van der Waals surface area contributed by atoms with Crippen LogP contribution in [0.25, 0.3) is 16.9 Å². The van der Waals surface area contributed by atoms with E-state index in [0.29, 0.717) is 28.3 Å². The van der Waals surface area contributed by atoms with E-state index < -0.39 is 5.97 Å². The fourth-order valence-electron chi connectivity index (χ4n) is 2.28. The summed E-state index contributed by atoms with van der Waals surface area (Å²) in [6, 6.07) is 11.2. The topological polar surface area (TPSA) is 100 Å². The summed E-state index contributed by atoms with van der Waals surface area (Å²) in [5, 5.41) is 4.35. The molecule has 0 unspecified atom stereocenters. The van der Waals surface area contributed by atoms with Crippen LogP contribution in [0.2, 0.25) is 0 Å². The van der Waals surface area contributed by atoms with Gasteiger partial charge in [0.25, 0.3) is 5.56 Å². The Balaban J connectivity index is 2.14. The van der Waals surface area contributed by atoms with Gasteiger partial charge in [-0.1, -0.05) is 6.07 Å². The number of methoxy groups -OCH3 is 1. The minimum absolute atomic E-state index is 0.296. The Hall–Kier alpha value is -3.00. The Bertz CT molecular complexity index is 1020. The van der Waals surface area contributed by atoms with Crippen LogP contribution in [0, 0.1) is 0 Å². The Morgan fingerprint density at radius 3 is 2.80 bits per heavy atom. The van der Waals surface area contributed by atoms with Crippen LogP contribution in [0.5, 0.6) is 0 Å². The summed E-state index contributed by atoms with van der Waals surface area (Å²) in [4.78, 5) is 28.0. The summed E-state index contributed by atoms with van der Waals surface area (Å²) in [6.45, 7) is 0. The van der Waals surface area contributed by atoms with Gasteiger partial charge in [0.15, 0.2) is 0 Å². The third-order valence-corrected chi connectivity index (χ3v) is 3.91. The van der Waals surface area contributed by atoms with E-state index in [1.54, 1.807) is 36.5 Å². The first kappa shape index (κ1) is 16.8. The number of nitrogens with two attached hydrogens (primary N) is 1. The van der Waals surface area contributed by atoms with Crippen molar-refractivity contribution in [3.63, 3.8) is 0 Å². The van der Waals surface area contributed by atoms with Crippen LogP contribution in [-0.4, -0.2) is 27.8 Å². The molecule has 0 saturated carbocycles. The monoisotopic (exact) mass is 400 g/mol. The van der Waals surface area contributed by atoms with Gasteiger partial charge < -0.3 is 10.5 Å². The number of benzene rings is 1. The van der Waals surface area contributed by atoms with Crippen molar-refractivity contribution >= 4 is 27.7 Å². The van der Waals surface area contributed by atoms with Crippen molar-refractivity contribution in [1.82, 2.24) is 14.8 Å². The lowest BCUT2D eigenvalue weighted by Crippen LogP contribution is -2.21. The van der Waals surface area contributed by atoms with Crippen LogP contribution in [0.15, 0.2) is 57.9 Å². The van der Waals surface area contributed by atoms with Gasteiger partial charge in [-0.15, -0.1) is 0 Å². The predicted octanol–water partition coefficient (Wildman–Crippen LogP) is 2.43. The summed E-state index contributed by atoms with van der Waals surface area (Å²) in [5.74, 6) is -0.198. The van der Waals surface area contributed by atoms with Gasteiger partial charge in [-0.05, 0) is 46.3 Å². The number of hydrogen-bond acceptors (Lipinski definition) is 6. The zero-order valence-corrected chi connectivity index (χ0v) is 14.7. The van der Waals surface area contributed by atoms with Gasteiger partial charge in [0, 0.05) is 22.3 Å². The third-order valence-electron chi connectivity index (χ3n) is 3.47. The van der Waals surface area contributed by atoms with Crippen LogP contribution < -0.4 is 11.3 Å². The molecule has 2 heterocycles. The number of anilines is 1. The first-order chi connectivity index (χ1) is 12.0. The Kier molecular flexibility index (Phi) is 4.62. The lowest BCUT2D eigenvalue weighted by molar-refractivity contribution is 0.0600. The number of esters is 1. The standard InChI is InChI=1S/C17H13BrN4O3/c1-25-17(24)10-3-2-4-12(7-10)22-15(23)6-5-14(21-22)13-8-11(18)9-20-16(13)19/h2-9H,1H3,(H2,19,20). The number of ether oxygens (including phenoxy) is 1. The molecular weight excluding hydrogens is 388 g/mol. The molecule has 0 aliphatic heterocycles. The number of rotatable bonds is 3. The number of nitrogen functional groups attached to an aromatic ring is 1. The molecule has 0 atom stereocenters. The summed E-state index contributed by atoms with van der Waals surface area (Å²) in [5.41, 5.74) is 7.40. The second kappa shape index (κ2) is 6.86. The van der Waals surface area contributed by atoms with Gasteiger partial charge in [0.05, 0.1) is 24.1 Å². The maximum atomic E-state index is 12.2. The number of carbonyl (C=O) groups excluding carboxylic acids is 1. The number of carbonyl (C=O) groups is 1. The van der Waals surface area contributed by atoms with E-state index >= 15 is 0 Å². The molecule has 3 rings (SSSR count). The van der Waals surface area contributed by atoms with E-state index in [9.17, 15) is 9.59 Å². The zero-order chi connectivity index (χ0) is 18.0. The first-order valence-electron chi connectivity index (χ1n) is 7.20. The quantitative estimate of drug-likeness (QED) is 0.677. The first-order valence-corrected chi connectivity index (χ1v) is 7.99. The van der Waals surface area contributed by atoms with Crippen molar-refractivity contribution in [2.45, 2.75) is 0 Å². The molecule has 0 spiro atoms. The molecule has 0 saturated heterocycles. The fourth-order valence-corrected chi connectivity index (χ4v) is 2.61. The predicted molar refractivity (Wildman–Crippen MR) is 96.5 cm³/mol. The molecule has 2 N–H and O–H groups in total. The highest BCUT2D eigenvalue weighted by Gasteiger charge is 2.11. The molecule has 25 heavy (non-hydrogen) atoms. The molecule has 0 radical (unpaired) electrons. The molecule has 0 fully saturated rings. The van der Waals surface area contributed by atoms with Crippen LogP contribution in [0.1, 0.15) is 10.4 Å². The van der Waals surface area contributed by atoms with Crippen LogP contribution >= 0.6 is 15.9 Å². The number of pyridine rings is 1. The maximum Gasteiger partial charge on any atom is 0.337 e. The van der Waals surface area contributed by atoms with E-state index in [1.165, 1.54) is 23.9 Å². The summed E-state index contributed by atoms with van der Waals surface area (Å²) >= 11 is 3.34. The van der Waals surface area contributed by atoms with Crippen LogP contribution in [0.3, 0.4) is 0 Å².